The van der Waals surface area contributed by atoms with E-state index in [4.69, 9.17) is 0 Å². The van der Waals surface area contributed by atoms with Gasteiger partial charge in [0.15, 0.2) is 5.96 Å². The number of aryl methyl sites for hydroxylation is 1. The molecule has 0 bridgehead atoms. The molecule has 0 radical (unpaired) electrons. The fourth-order valence-corrected chi connectivity index (χ4v) is 3.50. The van der Waals surface area contributed by atoms with Crippen molar-refractivity contribution in [2.75, 3.05) is 39.8 Å². The van der Waals surface area contributed by atoms with E-state index in [0.717, 1.165) is 32.0 Å². The van der Waals surface area contributed by atoms with Gasteiger partial charge in [-0.25, -0.2) is 4.98 Å². The van der Waals surface area contributed by atoms with Crippen LogP contribution in [0.2, 0.25) is 0 Å². The zero-order valence-electron chi connectivity index (χ0n) is 13.9. The molecule has 1 fully saturated rings. The standard InChI is InChI=1S/C16H29N5S/c1-14-13-20-15(22-14)7-8-18-16(17-2)19-9-12-21-10-5-3-4-6-11-21/h13H,3-12H2,1-2H3,(H2,17,18,19). The number of hydrogen-bond acceptors (Lipinski definition) is 4. The number of thiazole rings is 1. The second-order valence-corrected chi connectivity index (χ2v) is 7.12. The molecule has 2 rings (SSSR count). The topological polar surface area (TPSA) is 52.6 Å². The lowest BCUT2D eigenvalue weighted by Crippen LogP contribution is -2.42. The third-order valence-electron chi connectivity index (χ3n) is 3.94. The molecule has 0 atom stereocenters. The van der Waals surface area contributed by atoms with Crippen molar-refractivity contribution in [3.05, 3.63) is 16.1 Å². The summed E-state index contributed by atoms with van der Waals surface area (Å²) in [6, 6.07) is 0. The maximum Gasteiger partial charge on any atom is 0.191 e. The summed E-state index contributed by atoms with van der Waals surface area (Å²) in [7, 11) is 1.83. The highest BCUT2D eigenvalue weighted by Crippen LogP contribution is 2.11. The van der Waals surface area contributed by atoms with Crippen molar-refractivity contribution >= 4 is 17.3 Å². The van der Waals surface area contributed by atoms with E-state index in [-0.39, 0.29) is 0 Å². The van der Waals surface area contributed by atoms with Gasteiger partial charge in [-0.1, -0.05) is 12.8 Å². The van der Waals surface area contributed by atoms with Gasteiger partial charge >= 0.3 is 0 Å². The molecule has 2 heterocycles. The Kier molecular flexibility index (Phi) is 7.66. The first-order valence-electron chi connectivity index (χ1n) is 8.36. The van der Waals surface area contributed by atoms with Crippen LogP contribution in [0.25, 0.3) is 0 Å². The van der Waals surface area contributed by atoms with Crippen molar-refractivity contribution in [2.24, 2.45) is 4.99 Å². The number of nitrogens with one attached hydrogen (secondary N) is 2. The number of rotatable bonds is 6. The highest BCUT2D eigenvalue weighted by molar-refractivity contribution is 7.11. The number of nitrogens with zero attached hydrogens (tertiary/aromatic N) is 3. The quantitative estimate of drug-likeness (QED) is 0.621. The Morgan fingerprint density at radius 1 is 1.23 bits per heavy atom. The van der Waals surface area contributed by atoms with Gasteiger partial charge in [-0.15, -0.1) is 11.3 Å². The predicted molar refractivity (Wildman–Crippen MR) is 94.8 cm³/mol. The summed E-state index contributed by atoms with van der Waals surface area (Å²) < 4.78 is 0. The summed E-state index contributed by atoms with van der Waals surface area (Å²) in [4.78, 5) is 12.5. The van der Waals surface area contributed by atoms with Crippen molar-refractivity contribution < 1.29 is 0 Å². The van der Waals surface area contributed by atoms with E-state index in [1.54, 1.807) is 11.3 Å². The van der Waals surface area contributed by atoms with E-state index in [1.165, 1.54) is 48.7 Å². The molecule has 0 aliphatic carbocycles. The molecule has 1 aliphatic rings. The Bertz CT molecular complexity index is 449. The molecular formula is C16H29N5S. The average molecular weight is 324 g/mol. The largest absolute Gasteiger partial charge is 0.356 e. The summed E-state index contributed by atoms with van der Waals surface area (Å²) in [6.07, 6.45) is 8.37. The number of aromatic nitrogens is 1. The average Bonchev–Trinajstić information content (AvgIpc) is 2.77. The van der Waals surface area contributed by atoms with Crippen LogP contribution in [0.1, 0.15) is 35.6 Å². The maximum absolute atomic E-state index is 4.38. The summed E-state index contributed by atoms with van der Waals surface area (Å²) in [5.41, 5.74) is 0. The third-order valence-corrected chi connectivity index (χ3v) is 4.92. The highest BCUT2D eigenvalue weighted by atomic mass is 32.1. The lowest BCUT2D eigenvalue weighted by atomic mass is 10.2. The fraction of sp³-hybridized carbons (Fsp3) is 0.750. The van der Waals surface area contributed by atoms with E-state index >= 15 is 0 Å². The van der Waals surface area contributed by atoms with Gasteiger partial charge in [0.25, 0.3) is 0 Å². The first-order chi connectivity index (χ1) is 10.8. The number of aliphatic imine (C=N–C) groups is 1. The van der Waals surface area contributed by atoms with Crippen LogP contribution in [0, 0.1) is 6.92 Å². The van der Waals surface area contributed by atoms with Gasteiger partial charge in [-0.3, -0.25) is 4.99 Å². The minimum absolute atomic E-state index is 0.871. The molecule has 2 N–H and O–H groups in total. The number of likely N-dealkylation sites (tertiary alicyclic amines) is 1. The van der Waals surface area contributed by atoms with Crippen LogP contribution in [0.15, 0.2) is 11.2 Å². The van der Waals surface area contributed by atoms with Gasteiger partial charge < -0.3 is 15.5 Å². The molecule has 1 aliphatic heterocycles. The molecule has 124 valence electrons. The van der Waals surface area contributed by atoms with E-state index in [1.807, 2.05) is 13.2 Å². The normalized spacial score (nSPS) is 17.3. The minimum Gasteiger partial charge on any atom is -0.356 e. The Hall–Kier alpha value is -1.14. The van der Waals surface area contributed by atoms with E-state index < -0.39 is 0 Å². The Labute approximate surface area is 138 Å². The smallest absolute Gasteiger partial charge is 0.191 e. The molecule has 0 aromatic carbocycles. The summed E-state index contributed by atoms with van der Waals surface area (Å²) in [6.45, 7) is 7.52. The van der Waals surface area contributed by atoms with Crippen LogP contribution >= 0.6 is 11.3 Å². The zero-order chi connectivity index (χ0) is 15.6. The van der Waals surface area contributed by atoms with Gasteiger partial charge in [0.1, 0.15) is 0 Å². The molecule has 5 nitrogen and oxygen atoms in total. The monoisotopic (exact) mass is 323 g/mol. The second kappa shape index (κ2) is 9.79. The molecule has 1 saturated heterocycles. The minimum atomic E-state index is 0.871. The summed E-state index contributed by atoms with van der Waals surface area (Å²) >= 11 is 1.77. The lowest BCUT2D eigenvalue weighted by molar-refractivity contribution is 0.289. The van der Waals surface area contributed by atoms with Crippen LogP contribution in [0.5, 0.6) is 0 Å². The molecule has 22 heavy (non-hydrogen) atoms. The first kappa shape index (κ1) is 17.2. The van der Waals surface area contributed by atoms with Crippen LogP contribution in [0.4, 0.5) is 0 Å². The molecular weight excluding hydrogens is 294 g/mol. The van der Waals surface area contributed by atoms with Crippen molar-refractivity contribution in [1.82, 2.24) is 20.5 Å². The van der Waals surface area contributed by atoms with E-state index in [0.29, 0.717) is 0 Å². The van der Waals surface area contributed by atoms with Gasteiger partial charge in [0.05, 0.1) is 5.01 Å². The number of hydrogen-bond donors (Lipinski definition) is 2. The molecule has 6 heteroatoms. The van der Waals surface area contributed by atoms with E-state index in [2.05, 4.69) is 32.4 Å². The van der Waals surface area contributed by atoms with Gasteiger partial charge in [0, 0.05) is 44.2 Å². The van der Waals surface area contributed by atoms with Crippen molar-refractivity contribution in [1.29, 1.82) is 0 Å². The second-order valence-electron chi connectivity index (χ2n) is 5.80. The number of guanidine groups is 1. The molecule has 0 amide bonds. The Morgan fingerprint density at radius 2 is 1.95 bits per heavy atom. The zero-order valence-corrected chi connectivity index (χ0v) is 14.7. The predicted octanol–water partition coefficient (Wildman–Crippen LogP) is 2.04. The fourth-order valence-electron chi connectivity index (χ4n) is 2.72. The summed E-state index contributed by atoms with van der Waals surface area (Å²) in [5.74, 6) is 0.892. The molecule has 1 aromatic heterocycles. The maximum atomic E-state index is 4.38. The third kappa shape index (κ3) is 6.32. The van der Waals surface area contributed by atoms with Crippen molar-refractivity contribution in [2.45, 2.75) is 39.0 Å². The van der Waals surface area contributed by atoms with Crippen LogP contribution in [-0.2, 0) is 6.42 Å². The summed E-state index contributed by atoms with van der Waals surface area (Å²) in [5, 5.41) is 7.96. The van der Waals surface area contributed by atoms with Crippen molar-refractivity contribution in [3.8, 4) is 0 Å². The molecule has 0 saturated carbocycles. The molecule has 0 unspecified atom stereocenters. The van der Waals surface area contributed by atoms with Gasteiger partial charge in [-0.2, -0.15) is 0 Å². The SMILES string of the molecule is CN=C(NCCc1ncc(C)s1)NCCN1CCCCCC1. The lowest BCUT2D eigenvalue weighted by Gasteiger charge is -2.20. The first-order valence-corrected chi connectivity index (χ1v) is 9.18. The van der Waals surface area contributed by atoms with Gasteiger partial charge in [-0.05, 0) is 32.9 Å². The van der Waals surface area contributed by atoms with E-state index in [9.17, 15) is 0 Å². The van der Waals surface area contributed by atoms with Gasteiger partial charge in [0.2, 0.25) is 0 Å². The molecule has 1 aromatic rings. The van der Waals surface area contributed by atoms with Crippen LogP contribution < -0.4 is 10.6 Å². The van der Waals surface area contributed by atoms with Crippen LogP contribution in [0.3, 0.4) is 0 Å². The Morgan fingerprint density at radius 3 is 2.59 bits per heavy atom. The molecule has 0 spiro atoms. The highest BCUT2D eigenvalue weighted by Gasteiger charge is 2.08. The Balaban J connectivity index is 1.60. The van der Waals surface area contributed by atoms with Crippen LogP contribution in [-0.4, -0.2) is 55.6 Å². The van der Waals surface area contributed by atoms with Crippen molar-refractivity contribution in [3.63, 3.8) is 0 Å².